The van der Waals surface area contributed by atoms with Gasteiger partial charge in [0, 0.05) is 18.0 Å². The van der Waals surface area contributed by atoms with Crippen molar-refractivity contribution in [3.8, 4) is 0 Å². The summed E-state index contributed by atoms with van der Waals surface area (Å²) in [5.41, 5.74) is 1.01. The SMILES string of the molecule is ClC1=C(I)C=N[C@H]2N=CC=C12. The van der Waals surface area contributed by atoms with Crippen LogP contribution in [-0.4, -0.2) is 18.6 Å². The third-order valence-electron chi connectivity index (χ3n) is 1.55. The fraction of sp³-hybridized carbons (Fsp3) is 0.143. The number of nitrogens with zero attached hydrogens (tertiary/aromatic N) is 2. The monoisotopic (exact) mass is 278 g/mol. The highest BCUT2D eigenvalue weighted by molar-refractivity contribution is 14.1. The normalized spacial score (nSPS) is 27.5. The smallest absolute Gasteiger partial charge is 0.166 e. The maximum absolute atomic E-state index is 6.00. The summed E-state index contributed by atoms with van der Waals surface area (Å²) in [4.78, 5) is 8.29. The molecule has 0 amide bonds. The van der Waals surface area contributed by atoms with Crippen LogP contribution in [0.25, 0.3) is 0 Å². The Balaban J connectivity index is 2.48. The predicted molar refractivity (Wildman–Crippen MR) is 55.8 cm³/mol. The molecule has 11 heavy (non-hydrogen) atoms. The molecule has 0 aliphatic carbocycles. The molecule has 0 fully saturated rings. The molecule has 0 spiro atoms. The van der Waals surface area contributed by atoms with Gasteiger partial charge >= 0.3 is 0 Å². The molecule has 2 heterocycles. The summed E-state index contributed by atoms with van der Waals surface area (Å²) in [6.45, 7) is 0. The van der Waals surface area contributed by atoms with E-state index in [1.165, 1.54) is 0 Å². The van der Waals surface area contributed by atoms with Crippen molar-refractivity contribution in [1.29, 1.82) is 0 Å². The standard InChI is InChI=1S/C7H4ClIN2/c8-6-4-1-2-10-7(4)11-3-5(6)9/h1-3,7H/t7-/m1/s1. The van der Waals surface area contributed by atoms with E-state index in [9.17, 15) is 0 Å². The average Bonchev–Trinajstić information content (AvgIpc) is 2.45. The van der Waals surface area contributed by atoms with Gasteiger partial charge in [0.2, 0.25) is 0 Å². The van der Waals surface area contributed by atoms with Gasteiger partial charge in [0.15, 0.2) is 6.17 Å². The molecule has 2 rings (SSSR count). The van der Waals surface area contributed by atoms with Gasteiger partial charge in [-0.3, -0.25) is 9.98 Å². The van der Waals surface area contributed by atoms with E-state index >= 15 is 0 Å². The van der Waals surface area contributed by atoms with Crippen molar-refractivity contribution in [3.05, 3.63) is 20.3 Å². The Labute approximate surface area is 82.9 Å². The highest BCUT2D eigenvalue weighted by Crippen LogP contribution is 2.32. The molecule has 0 aromatic carbocycles. The van der Waals surface area contributed by atoms with E-state index in [4.69, 9.17) is 11.6 Å². The first-order valence-electron chi connectivity index (χ1n) is 3.11. The molecular formula is C7H4ClIN2. The third kappa shape index (κ3) is 1.16. The van der Waals surface area contributed by atoms with Gasteiger partial charge in [-0.15, -0.1) is 0 Å². The molecular weight excluding hydrogens is 274 g/mol. The van der Waals surface area contributed by atoms with Crippen LogP contribution in [0.1, 0.15) is 0 Å². The van der Waals surface area contributed by atoms with E-state index in [-0.39, 0.29) is 6.17 Å². The Morgan fingerprint density at radius 3 is 3.09 bits per heavy atom. The van der Waals surface area contributed by atoms with Gasteiger partial charge in [0.25, 0.3) is 0 Å². The second-order valence-electron chi connectivity index (χ2n) is 2.23. The Hall–Kier alpha value is -0.160. The molecule has 0 aromatic heterocycles. The van der Waals surface area contributed by atoms with Crippen LogP contribution in [0, 0.1) is 0 Å². The van der Waals surface area contributed by atoms with Crippen LogP contribution in [0.5, 0.6) is 0 Å². The molecule has 56 valence electrons. The molecule has 0 aromatic rings. The zero-order valence-electron chi connectivity index (χ0n) is 5.46. The van der Waals surface area contributed by atoms with Crippen molar-refractivity contribution in [2.75, 3.05) is 0 Å². The summed E-state index contributed by atoms with van der Waals surface area (Å²) in [6, 6.07) is 0. The second-order valence-corrected chi connectivity index (χ2v) is 3.77. The van der Waals surface area contributed by atoms with Crippen LogP contribution in [0.4, 0.5) is 0 Å². The van der Waals surface area contributed by atoms with E-state index in [0.717, 1.165) is 14.2 Å². The molecule has 0 N–H and O–H groups in total. The summed E-state index contributed by atoms with van der Waals surface area (Å²) < 4.78 is 0.984. The Morgan fingerprint density at radius 2 is 2.27 bits per heavy atom. The zero-order chi connectivity index (χ0) is 7.84. The number of rotatable bonds is 0. The average molecular weight is 278 g/mol. The maximum Gasteiger partial charge on any atom is 0.166 e. The summed E-state index contributed by atoms with van der Waals surface area (Å²) in [5.74, 6) is 0. The molecule has 4 heteroatoms. The van der Waals surface area contributed by atoms with Crippen molar-refractivity contribution in [2.24, 2.45) is 9.98 Å². The summed E-state index contributed by atoms with van der Waals surface area (Å²) in [6.07, 6.45) is 5.34. The molecule has 0 saturated carbocycles. The van der Waals surface area contributed by atoms with Crippen molar-refractivity contribution in [1.82, 2.24) is 0 Å². The molecule has 2 nitrogen and oxygen atoms in total. The maximum atomic E-state index is 6.00. The lowest BCUT2D eigenvalue weighted by Gasteiger charge is -2.12. The Morgan fingerprint density at radius 1 is 1.45 bits per heavy atom. The van der Waals surface area contributed by atoms with Crippen molar-refractivity contribution >= 4 is 46.6 Å². The first-order chi connectivity index (χ1) is 5.29. The fourth-order valence-corrected chi connectivity index (χ4v) is 1.69. The van der Waals surface area contributed by atoms with Gasteiger partial charge in [-0.05, 0) is 28.7 Å². The topological polar surface area (TPSA) is 24.7 Å². The second kappa shape index (κ2) is 2.71. The Kier molecular flexibility index (Phi) is 1.85. The number of dihydropyridines is 1. The van der Waals surface area contributed by atoms with E-state index in [1.807, 2.05) is 6.08 Å². The first-order valence-corrected chi connectivity index (χ1v) is 4.57. The lowest BCUT2D eigenvalue weighted by Crippen LogP contribution is -2.07. The number of halogens is 2. The molecule has 2 aliphatic rings. The van der Waals surface area contributed by atoms with Gasteiger partial charge in [-0.25, -0.2) is 0 Å². The largest absolute Gasteiger partial charge is 0.262 e. The minimum absolute atomic E-state index is 0.0685. The van der Waals surface area contributed by atoms with Crippen molar-refractivity contribution < 1.29 is 0 Å². The number of aliphatic imine (C=N–C) groups is 2. The number of hydrogen-bond donors (Lipinski definition) is 0. The van der Waals surface area contributed by atoms with E-state index < -0.39 is 0 Å². The molecule has 0 unspecified atom stereocenters. The number of hydrogen-bond acceptors (Lipinski definition) is 2. The number of fused-ring (bicyclic) bond motifs is 1. The van der Waals surface area contributed by atoms with Crippen molar-refractivity contribution in [2.45, 2.75) is 6.17 Å². The zero-order valence-corrected chi connectivity index (χ0v) is 8.37. The fourth-order valence-electron chi connectivity index (χ4n) is 1.01. The number of allylic oxidation sites excluding steroid dienone is 2. The van der Waals surface area contributed by atoms with Gasteiger partial charge in [0.05, 0.1) is 8.61 Å². The van der Waals surface area contributed by atoms with Crippen LogP contribution in [0.2, 0.25) is 0 Å². The third-order valence-corrected chi connectivity index (χ3v) is 3.11. The van der Waals surface area contributed by atoms with E-state index in [1.54, 1.807) is 12.4 Å². The highest BCUT2D eigenvalue weighted by Gasteiger charge is 2.22. The Bertz CT molecular complexity index is 314. The lowest BCUT2D eigenvalue weighted by molar-refractivity contribution is 0.859. The summed E-state index contributed by atoms with van der Waals surface area (Å²) in [5, 5.41) is 0.781. The van der Waals surface area contributed by atoms with Crippen molar-refractivity contribution in [3.63, 3.8) is 0 Å². The highest BCUT2D eigenvalue weighted by atomic mass is 127. The van der Waals surface area contributed by atoms with Crippen LogP contribution >= 0.6 is 34.2 Å². The van der Waals surface area contributed by atoms with Crippen LogP contribution in [0.15, 0.2) is 30.2 Å². The van der Waals surface area contributed by atoms with Gasteiger partial charge in [-0.1, -0.05) is 11.6 Å². The first kappa shape index (κ1) is 7.49. The van der Waals surface area contributed by atoms with Gasteiger partial charge < -0.3 is 0 Å². The summed E-state index contributed by atoms with van der Waals surface area (Å²) >= 11 is 8.16. The minimum Gasteiger partial charge on any atom is -0.262 e. The van der Waals surface area contributed by atoms with Gasteiger partial charge in [-0.2, -0.15) is 0 Å². The molecule has 0 saturated heterocycles. The van der Waals surface area contributed by atoms with E-state index in [2.05, 4.69) is 32.6 Å². The van der Waals surface area contributed by atoms with Crippen LogP contribution < -0.4 is 0 Å². The molecule has 0 radical (unpaired) electrons. The minimum atomic E-state index is -0.0685. The predicted octanol–water partition coefficient (Wildman–Crippen LogP) is 2.29. The molecule has 2 aliphatic heterocycles. The quantitative estimate of drug-likeness (QED) is 0.608. The lowest BCUT2D eigenvalue weighted by atomic mass is 10.2. The van der Waals surface area contributed by atoms with Gasteiger partial charge in [0.1, 0.15) is 0 Å². The molecule has 1 atom stereocenters. The van der Waals surface area contributed by atoms with E-state index in [0.29, 0.717) is 0 Å². The van der Waals surface area contributed by atoms with Crippen LogP contribution in [-0.2, 0) is 0 Å². The van der Waals surface area contributed by atoms with Crippen LogP contribution in [0.3, 0.4) is 0 Å². The summed E-state index contributed by atoms with van der Waals surface area (Å²) in [7, 11) is 0. The molecule has 0 bridgehead atoms.